The van der Waals surface area contributed by atoms with Gasteiger partial charge in [-0.05, 0) is 65.0 Å². The van der Waals surface area contributed by atoms with Gasteiger partial charge in [0.1, 0.15) is 5.75 Å². The molecule has 2 aromatic carbocycles. The molecule has 0 aromatic heterocycles. The Morgan fingerprint density at radius 2 is 1.96 bits per heavy atom. The van der Waals surface area contributed by atoms with Crippen LogP contribution in [0.3, 0.4) is 0 Å². The molecule has 0 spiro atoms. The number of hydrogen-bond donors (Lipinski definition) is 1. The third-order valence-electron chi connectivity index (χ3n) is 3.85. The number of anilines is 1. The molecular weight excluding hydrogens is 354 g/mol. The highest BCUT2D eigenvalue weighted by molar-refractivity contribution is 9.10. The van der Waals surface area contributed by atoms with Crippen LogP contribution in [0.5, 0.6) is 5.75 Å². The summed E-state index contributed by atoms with van der Waals surface area (Å²) in [5.74, 6) is 1.02. The van der Waals surface area contributed by atoms with Crippen LogP contribution >= 0.6 is 15.9 Å². The van der Waals surface area contributed by atoms with Gasteiger partial charge in [0, 0.05) is 11.3 Å². The largest absolute Gasteiger partial charge is 0.493 e. The number of carbonyl (C=O) groups excluding carboxylic acids is 1. The Morgan fingerprint density at radius 3 is 2.61 bits per heavy atom. The van der Waals surface area contributed by atoms with Crippen LogP contribution in [0.1, 0.15) is 49.0 Å². The highest BCUT2D eigenvalue weighted by Crippen LogP contribution is 2.29. The topological polar surface area (TPSA) is 38.3 Å². The van der Waals surface area contributed by atoms with Gasteiger partial charge in [0.2, 0.25) is 0 Å². The minimum Gasteiger partial charge on any atom is -0.493 e. The molecule has 0 bridgehead atoms. The van der Waals surface area contributed by atoms with E-state index in [4.69, 9.17) is 4.74 Å². The van der Waals surface area contributed by atoms with E-state index in [0.29, 0.717) is 18.1 Å². The van der Waals surface area contributed by atoms with Crippen molar-refractivity contribution in [2.45, 2.75) is 33.1 Å². The minimum atomic E-state index is -0.121. The first-order valence-corrected chi connectivity index (χ1v) is 8.68. The van der Waals surface area contributed by atoms with Crippen molar-refractivity contribution in [1.82, 2.24) is 0 Å². The summed E-state index contributed by atoms with van der Waals surface area (Å²) in [5.41, 5.74) is 2.63. The van der Waals surface area contributed by atoms with Crippen LogP contribution < -0.4 is 10.1 Å². The van der Waals surface area contributed by atoms with Gasteiger partial charge >= 0.3 is 0 Å². The Balaban J connectivity index is 2.21. The zero-order valence-corrected chi connectivity index (χ0v) is 15.3. The number of amides is 1. The van der Waals surface area contributed by atoms with E-state index in [1.807, 2.05) is 31.2 Å². The summed E-state index contributed by atoms with van der Waals surface area (Å²) in [6.45, 7) is 6.83. The SMILES string of the molecule is CCOc1ccc(C(=O)Nc2ccccc2[C@@H](C)CC)cc1Br. The van der Waals surface area contributed by atoms with E-state index in [1.54, 1.807) is 12.1 Å². The Labute approximate surface area is 146 Å². The van der Waals surface area contributed by atoms with Gasteiger partial charge in [-0.15, -0.1) is 0 Å². The van der Waals surface area contributed by atoms with Gasteiger partial charge in [-0.2, -0.15) is 0 Å². The number of rotatable bonds is 6. The molecule has 0 saturated carbocycles. The van der Waals surface area contributed by atoms with Crippen molar-refractivity contribution in [3.8, 4) is 5.75 Å². The third kappa shape index (κ3) is 4.35. The quantitative estimate of drug-likeness (QED) is 0.711. The number of hydrogen-bond acceptors (Lipinski definition) is 2. The fourth-order valence-corrected chi connectivity index (χ4v) is 2.86. The first kappa shape index (κ1) is 17.5. The normalized spacial score (nSPS) is 11.8. The van der Waals surface area contributed by atoms with Gasteiger partial charge in [-0.25, -0.2) is 0 Å². The molecule has 0 aliphatic carbocycles. The van der Waals surface area contributed by atoms with Crippen LogP contribution in [0.15, 0.2) is 46.9 Å². The second-order valence-corrected chi connectivity index (χ2v) is 6.28. The summed E-state index contributed by atoms with van der Waals surface area (Å²) in [4.78, 5) is 12.5. The van der Waals surface area contributed by atoms with E-state index in [1.165, 1.54) is 0 Å². The van der Waals surface area contributed by atoms with Crippen molar-refractivity contribution in [1.29, 1.82) is 0 Å². The molecule has 0 fully saturated rings. The van der Waals surface area contributed by atoms with Gasteiger partial charge in [0.25, 0.3) is 5.91 Å². The number of nitrogens with one attached hydrogen (secondary N) is 1. The van der Waals surface area contributed by atoms with Gasteiger partial charge in [0.15, 0.2) is 0 Å². The molecule has 0 unspecified atom stereocenters. The molecule has 122 valence electrons. The van der Waals surface area contributed by atoms with Crippen LogP contribution in [0, 0.1) is 0 Å². The lowest BCUT2D eigenvalue weighted by Crippen LogP contribution is -2.14. The number of carbonyl (C=O) groups is 1. The fourth-order valence-electron chi connectivity index (χ4n) is 2.37. The lowest BCUT2D eigenvalue weighted by molar-refractivity contribution is 0.102. The van der Waals surface area contributed by atoms with Crippen LogP contribution in [0.2, 0.25) is 0 Å². The summed E-state index contributed by atoms with van der Waals surface area (Å²) in [6, 6.07) is 13.3. The van der Waals surface area contributed by atoms with Gasteiger partial charge in [-0.3, -0.25) is 4.79 Å². The molecule has 4 heteroatoms. The van der Waals surface area contributed by atoms with E-state index in [9.17, 15) is 4.79 Å². The third-order valence-corrected chi connectivity index (χ3v) is 4.47. The maximum Gasteiger partial charge on any atom is 0.255 e. The van der Waals surface area contributed by atoms with Gasteiger partial charge in [0.05, 0.1) is 11.1 Å². The van der Waals surface area contributed by atoms with Crippen LogP contribution in [-0.4, -0.2) is 12.5 Å². The summed E-state index contributed by atoms with van der Waals surface area (Å²) in [5, 5.41) is 3.02. The van der Waals surface area contributed by atoms with E-state index in [-0.39, 0.29) is 5.91 Å². The molecule has 2 aromatic rings. The molecule has 1 N–H and O–H groups in total. The van der Waals surface area contributed by atoms with Crippen molar-refractivity contribution in [2.75, 3.05) is 11.9 Å². The van der Waals surface area contributed by atoms with Crippen molar-refractivity contribution in [2.24, 2.45) is 0 Å². The van der Waals surface area contributed by atoms with Crippen LogP contribution in [-0.2, 0) is 0 Å². The molecule has 0 aliphatic heterocycles. The van der Waals surface area contributed by atoms with Crippen LogP contribution in [0.25, 0.3) is 0 Å². The molecular formula is C19H22BrNO2. The Morgan fingerprint density at radius 1 is 1.22 bits per heavy atom. The fraction of sp³-hybridized carbons (Fsp3) is 0.316. The molecule has 1 amide bonds. The van der Waals surface area contributed by atoms with E-state index >= 15 is 0 Å². The lowest BCUT2D eigenvalue weighted by Gasteiger charge is -2.16. The zero-order valence-electron chi connectivity index (χ0n) is 13.7. The standard InChI is InChI=1S/C19H22BrNO2/c1-4-13(3)15-8-6-7-9-17(15)21-19(22)14-10-11-18(23-5-2)16(20)12-14/h6-13H,4-5H2,1-3H3,(H,21,22)/t13-/m0/s1. The first-order valence-electron chi connectivity index (χ1n) is 7.89. The lowest BCUT2D eigenvalue weighted by atomic mass is 9.97. The van der Waals surface area contributed by atoms with E-state index in [2.05, 4.69) is 41.2 Å². The number of benzene rings is 2. The summed E-state index contributed by atoms with van der Waals surface area (Å²) in [7, 11) is 0. The Hall–Kier alpha value is -1.81. The van der Waals surface area contributed by atoms with Crippen molar-refractivity contribution in [3.05, 3.63) is 58.1 Å². The molecule has 23 heavy (non-hydrogen) atoms. The van der Waals surface area contributed by atoms with Crippen molar-refractivity contribution in [3.63, 3.8) is 0 Å². The smallest absolute Gasteiger partial charge is 0.255 e. The maximum atomic E-state index is 12.5. The summed E-state index contributed by atoms with van der Waals surface area (Å²) in [6.07, 6.45) is 1.03. The molecule has 0 radical (unpaired) electrons. The molecule has 2 rings (SSSR count). The molecule has 1 atom stereocenters. The maximum absolute atomic E-state index is 12.5. The predicted molar refractivity (Wildman–Crippen MR) is 98.4 cm³/mol. The second-order valence-electron chi connectivity index (χ2n) is 5.43. The predicted octanol–water partition coefficient (Wildman–Crippen LogP) is 5.61. The molecule has 0 heterocycles. The average molecular weight is 376 g/mol. The van der Waals surface area contributed by atoms with Crippen molar-refractivity contribution >= 4 is 27.5 Å². The van der Waals surface area contributed by atoms with E-state index in [0.717, 1.165) is 27.9 Å². The number of halogens is 1. The second kappa shape index (κ2) is 8.16. The van der Waals surface area contributed by atoms with Gasteiger partial charge < -0.3 is 10.1 Å². The Bertz CT molecular complexity index is 685. The van der Waals surface area contributed by atoms with E-state index < -0.39 is 0 Å². The van der Waals surface area contributed by atoms with Crippen molar-refractivity contribution < 1.29 is 9.53 Å². The summed E-state index contributed by atoms with van der Waals surface area (Å²) < 4.78 is 6.26. The van der Waals surface area contributed by atoms with Crippen LogP contribution in [0.4, 0.5) is 5.69 Å². The molecule has 0 saturated heterocycles. The van der Waals surface area contributed by atoms with Gasteiger partial charge in [-0.1, -0.05) is 32.0 Å². The monoisotopic (exact) mass is 375 g/mol. The number of para-hydroxylation sites is 1. The zero-order chi connectivity index (χ0) is 16.8. The number of ether oxygens (including phenoxy) is 1. The Kier molecular flexibility index (Phi) is 6.22. The molecule has 3 nitrogen and oxygen atoms in total. The first-order chi connectivity index (χ1) is 11.1. The minimum absolute atomic E-state index is 0.121. The molecule has 0 aliphatic rings. The average Bonchev–Trinajstić information content (AvgIpc) is 2.56. The highest BCUT2D eigenvalue weighted by Gasteiger charge is 2.13. The summed E-state index contributed by atoms with van der Waals surface area (Å²) >= 11 is 3.45. The highest BCUT2D eigenvalue weighted by atomic mass is 79.9.